The standard InChI is InChI=1S/C29H30FN3O3/c1-19(16-27(34)35)8-14-25-28(21-6-4-3-5-7-21)32-24-15-11-22(17-26(24)31-25)29(36)33(2)18-20-9-12-23(30)13-10-20/h3-7,9,11-12,15,17,19H,8,10,13-14,16,18H2,1-2H3,(H,34,35)/t19-/m0/s1. The minimum atomic E-state index is -0.812. The normalized spacial score (nSPS) is 14.2. The molecule has 1 N–H and O–H groups in total. The fourth-order valence-corrected chi connectivity index (χ4v) is 4.39. The Morgan fingerprint density at radius 1 is 1.06 bits per heavy atom. The third-order valence-electron chi connectivity index (χ3n) is 6.40. The number of halogens is 1. The molecule has 186 valence electrons. The molecule has 1 aliphatic carbocycles. The lowest BCUT2D eigenvalue weighted by Crippen LogP contribution is -2.29. The maximum atomic E-state index is 13.3. The molecule has 0 fully saturated rings. The Kier molecular flexibility index (Phi) is 7.88. The first-order valence-electron chi connectivity index (χ1n) is 12.2. The first-order chi connectivity index (χ1) is 17.3. The zero-order valence-electron chi connectivity index (χ0n) is 20.6. The molecule has 1 aromatic heterocycles. The Morgan fingerprint density at radius 3 is 2.53 bits per heavy atom. The summed E-state index contributed by atoms with van der Waals surface area (Å²) in [6, 6.07) is 15.1. The molecule has 0 bridgehead atoms. The predicted octanol–water partition coefficient (Wildman–Crippen LogP) is 5.99. The van der Waals surface area contributed by atoms with Crippen LogP contribution in [0.1, 0.15) is 48.7 Å². The smallest absolute Gasteiger partial charge is 0.303 e. The third kappa shape index (κ3) is 6.22. The molecule has 3 aromatic rings. The van der Waals surface area contributed by atoms with Crippen molar-refractivity contribution in [3.05, 3.63) is 83.3 Å². The molecule has 2 aromatic carbocycles. The number of amides is 1. The summed E-state index contributed by atoms with van der Waals surface area (Å²) < 4.78 is 13.3. The second-order valence-electron chi connectivity index (χ2n) is 9.43. The fraction of sp³-hybridized carbons (Fsp3) is 0.310. The number of carbonyl (C=O) groups excluding carboxylic acids is 1. The van der Waals surface area contributed by atoms with Crippen molar-refractivity contribution in [3.8, 4) is 11.3 Å². The zero-order chi connectivity index (χ0) is 25.7. The second-order valence-corrected chi connectivity index (χ2v) is 9.43. The Bertz CT molecular complexity index is 1330. The number of carboxylic acid groups (broad SMARTS) is 1. The van der Waals surface area contributed by atoms with Gasteiger partial charge in [-0.05, 0) is 49.5 Å². The van der Waals surface area contributed by atoms with E-state index in [0.717, 1.165) is 22.5 Å². The molecule has 0 unspecified atom stereocenters. The molecule has 0 saturated carbocycles. The molecule has 1 amide bonds. The number of allylic oxidation sites excluding steroid dienone is 3. The molecule has 0 spiro atoms. The maximum Gasteiger partial charge on any atom is 0.303 e. The lowest BCUT2D eigenvalue weighted by molar-refractivity contribution is -0.138. The molecule has 36 heavy (non-hydrogen) atoms. The largest absolute Gasteiger partial charge is 0.481 e. The quantitative estimate of drug-likeness (QED) is 0.401. The number of hydrogen-bond donors (Lipinski definition) is 1. The van der Waals surface area contributed by atoms with E-state index in [9.17, 15) is 14.0 Å². The molecule has 0 radical (unpaired) electrons. The Balaban J connectivity index is 1.62. The number of likely N-dealkylation sites (N-methyl/N-ethyl adjacent to an activating group) is 1. The van der Waals surface area contributed by atoms with Gasteiger partial charge in [0.15, 0.2) is 0 Å². The summed E-state index contributed by atoms with van der Waals surface area (Å²) in [7, 11) is 1.74. The van der Waals surface area contributed by atoms with Crippen molar-refractivity contribution in [2.24, 2.45) is 5.92 Å². The van der Waals surface area contributed by atoms with Crippen molar-refractivity contribution in [2.45, 2.75) is 39.0 Å². The van der Waals surface area contributed by atoms with E-state index in [0.29, 0.717) is 48.8 Å². The molecule has 0 saturated heterocycles. The summed E-state index contributed by atoms with van der Waals surface area (Å²) in [6.45, 7) is 2.36. The Hall–Kier alpha value is -3.87. The van der Waals surface area contributed by atoms with Crippen molar-refractivity contribution in [1.82, 2.24) is 14.9 Å². The third-order valence-corrected chi connectivity index (χ3v) is 6.40. The topological polar surface area (TPSA) is 83.4 Å². The van der Waals surface area contributed by atoms with Gasteiger partial charge in [0.25, 0.3) is 5.91 Å². The van der Waals surface area contributed by atoms with Gasteiger partial charge in [-0.1, -0.05) is 48.9 Å². The van der Waals surface area contributed by atoms with Gasteiger partial charge >= 0.3 is 5.97 Å². The van der Waals surface area contributed by atoms with Crippen LogP contribution in [0.15, 0.2) is 72.1 Å². The number of nitrogens with zero attached hydrogens (tertiary/aromatic N) is 3. The lowest BCUT2D eigenvalue weighted by Gasteiger charge is -2.20. The highest BCUT2D eigenvalue weighted by Crippen LogP contribution is 2.27. The van der Waals surface area contributed by atoms with Gasteiger partial charge in [0.05, 0.1) is 22.4 Å². The van der Waals surface area contributed by atoms with Crippen LogP contribution in [-0.2, 0) is 11.2 Å². The van der Waals surface area contributed by atoms with Crippen LogP contribution in [0.2, 0.25) is 0 Å². The van der Waals surface area contributed by atoms with Crippen LogP contribution in [0.3, 0.4) is 0 Å². The van der Waals surface area contributed by atoms with Gasteiger partial charge in [0, 0.05) is 37.6 Å². The van der Waals surface area contributed by atoms with E-state index < -0.39 is 5.97 Å². The molecule has 6 nitrogen and oxygen atoms in total. The van der Waals surface area contributed by atoms with Crippen molar-refractivity contribution < 1.29 is 19.1 Å². The number of hydrogen-bond acceptors (Lipinski definition) is 4. The zero-order valence-corrected chi connectivity index (χ0v) is 20.6. The minimum absolute atomic E-state index is 0.00240. The van der Waals surface area contributed by atoms with Crippen molar-refractivity contribution in [3.63, 3.8) is 0 Å². The van der Waals surface area contributed by atoms with Crippen molar-refractivity contribution in [1.29, 1.82) is 0 Å². The number of aromatic nitrogens is 2. The Morgan fingerprint density at radius 2 is 1.83 bits per heavy atom. The molecule has 4 rings (SSSR count). The highest BCUT2D eigenvalue weighted by atomic mass is 19.1. The predicted molar refractivity (Wildman–Crippen MR) is 138 cm³/mol. The number of fused-ring (bicyclic) bond motifs is 1. The van der Waals surface area contributed by atoms with Crippen LogP contribution in [0, 0.1) is 5.92 Å². The number of carboxylic acids is 1. The van der Waals surface area contributed by atoms with Gasteiger partial charge < -0.3 is 10.0 Å². The summed E-state index contributed by atoms with van der Waals surface area (Å²) in [5.41, 5.74) is 5.33. The van der Waals surface area contributed by atoms with E-state index in [1.807, 2.05) is 43.3 Å². The molecule has 7 heteroatoms. The SMILES string of the molecule is C[C@@H](CCc1nc2cc(C(=O)N(C)CC3=CC=C(F)CC3)ccc2nc1-c1ccccc1)CC(=O)O. The summed E-state index contributed by atoms with van der Waals surface area (Å²) >= 11 is 0. The lowest BCUT2D eigenvalue weighted by atomic mass is 9.98. The fourth-order valence-electron chi connectivity index (χ4n) is 4.39. The van der Waals surface area contributed by atoms with Crippen LogP contribution in [-0.4, -0.2) is 45.4 Å². The number of aliphatic carboxylic acids is 1. The Labute approximate surface area is 210 Å². The molecular formula is C29H30FN3O3. The number of carbonyl (C=O) groups is 2. The number of aryl methyl sites for hydroxylation is 1. The van der Waals surface area contributed by atoms with E-state index in [1.165, 1.54) is 6.08 Å². The van der Waals surface area contributed by atoms with Gasteiger partial charge in [-0.25, -0.2) is 14.4 Å². The maximum absolute atomic E-state index is 13.3. The molecule has 1 atom stereocenters. The van der Waals surface area contributed by atoms with E-state index in [4.69, 9.17) is 15.1 Å². The average molecular weight is 488 g/mol. The van der Waals surface area contributed by atoms with Crippen LogP contribution in [0.25, 0.3) is 22.3 Å². The first-order valence-corrected chi connectivity index (χ1v) is 12.2. The summed E-state index contributed by atoms with van der Waals surface area (Å²) in [5, 5.41) is 9.11. The highest BCUT2D eigenvalue weighted by Gasteiger charge is 2.18. The highest BCUT2D eigenvalue weighted by molar-refractivity contribution is 5.97. The first kappa shape index (κ1) is 25.2. The molecular weight excluding hydrogens is 457 g/mol. The van der Waals surface area contributed by atoms with Gasteiger partial charge in [0.1, 0.15) is 5.83 Å². The van der Waals surface area contributed by atoms with E-state index in [1.54, 1.807) is 30.2 Å². The van der Waals surface area contributed by atoms with E-state index in [-0.39, 0.29) is 24.1 Å². The van der Waals surface area contributed by atoms with Crippen LogP contribution in [0.4, 0.5) is 4.39 Å². The second kappa shape index (κ2) is 11.2. The number of benzene rings is 2. The monoisotopic (exact) mass is 487 g/mol. The van der Waals surface area contributed by atoms with E-state index >= 15 is 0 Å². The van der Waals surface area contributed by atoms with Gasteiger partial charge in [0.2, 0.25) is 0 Å². The van der Waals surface area contributed by atoms with Gasteiger partial charge in [-0.15, -0.1) is 0 Å². The summed E-state index contributed by atoms with van der Waals surface area (Å²) in [6.07, 6.45) is 5.54. The van der Waals surface area contributed by atoms with Gasteiger partial charge in [-0.3, -0.25) is 9.59 Å². The molecule has 1 heterocycles. The molecule has 0 aliphatic heterocycles. The summed E-state index contributed by atoms with van der Waals surface area (Å²) in [5.74, 6) is -1.09. The average Bonchev–Trinajstić information content (AvgIpc) is 2.87. The van der Waals surface area contributed by atoms with Crippen molar-refractivity contribution >= 4 is 22.9 Å². The van der Waals surface area contributed by atoms with E-state index in [2.05, 4.69) is 0 Å². The van der Waals surface area contributed by atoms with Crippen molar-refractivity contribution in [2.75, 3.05) is 13.6 Å². The van der Waals surface area contributed by atoms with Crippen LogP contribution >= 0.6 is 0 Å². The molecule has 1 aliphatic rings. The van der Waals surface area contributed by atoms with Crippen LogP contribution in [0.5, 0.6) is 0 Å². The minimum Gasteiger partial charge on any atom is -0.481 e. The summed E-state index contributed by atoms with van der Waals surface area (Å²) in [4.78, 5) is 35.6. The van der Waals surface area contributed by atoms with Crippen LogP contribution < -0.4 is 0 Å². The number of rotatable bonds is 9. The van der Waals surface area contributed by atoms with Gasteiger partial charge in [-0.2, -0.15) is 0 Å².